The Morgan fingerprint density at radius 3 is 2.27 bits per heavy atom. The lowest BCUT2D eigenvalue weighted by Gasteiger charge is -2.08. The van der Waals surface area contributed by atoms with Crippen molar-refractivity contribution in [3.63, 3.8) is 0 Å². The van der Waals surface area contributed by atoms with Crippen molar-refractivity contribution in [2.75, 3.05) is 14.2 Å². The van der Waals surface area contributed by atoms with Gasteiger partial charge >= 0.3 is 5.13 Å². The summed E-state index contributed by atoms with van der Waals surface area (Å²) in [6, 6.07) is 18.7. The van der Waals surface area contributed by atoms with Gasteiger partial charge in [-0.15, -0.1) is 0 Å². The van der Waals surface area contributed by atoms with Crippen LogP contribution in [0.1, 0.15) is 6.92 Å². The van der Waals surface area contributed by atoms with Crippen LogP contribution in [-0.2, 0) is 28.2 Å². The zero-order valence-corrected chi connectivity index (χ0v) is 20.3. The lowest BCUT2D eigenvalue weighted by Crippen LogP contribution is -2.23. The fraction of sp³-hybridized carbons (Fsp3) is 0.227. The number of fused-ring (bicyclic) bond motifs is 1. The smallest absolute Gasteiger partial charge is 0.411 e. The average molecular weight is 489 g/mol. The van der Waals surface area contributed by atoms with Crippen LogP contribution in [-0.4, -0.2) is 31.8 Å². The topological polar surface area (TPSA) is 109 Å². The van der Waals surface area contributed by atoms with E-state index in [0.29, 0.717) is 0 Å². The highest BCUT2D eigenvalue weighted by Gasteiger charge is 2.20. The van der Waals surface area contributed by atoms with E-state index in [9.17, 15) is 13.0 Å². The molecule has 4 aromatic rings. The van der Waals surface area contributed by atoms with Gasteiger partial charge in [-0.25, -0.2) is 13.0 Å². The van der Waals surface area contributed by atoms with E-state index in [1.54, 1.807) is 7.11 Å². The molecule has 9 nitrogen and oxygen atoms in total. The summed E-state index contributed by atoms with van der Waals surface area (Å²) >= 11 is 1.47. The second kappa shape index (κ2) is 10.7. The van der Waals surface area contributed by atoms with Gasteiger partial charge in [0.25, 0.3) is 0 Å². The van der Waals surface area contributed by atoms with Crippen LogP contribution in [0, 0.1) is 0 Å². The van der Waals surface area contributed by atoms with Gasteiger partial charge in [-0.2, -0.15) is 0 Å². The monoisotopic (exact) mass is 488 g/mol. The number of hydrogen-bond donors (Lipinski definition) is 0. The SMILES string of the molecule is CCn1c(-c2ccccc2)c(N=Nc2sc(OC)c[n+]2C)c2ccccc21.COS(=O)(=O)[O-]. The molecule has 2 aromatic carbocycles. The Morgan fingerprint density at radius 2 is 1.70 bits per heavy atom. The van der Waals surface area contributed by atoms with Crippen molar-refractivity contribution < 1.29 is 26.5 Å². The molecule has 0 bridgehead atoms. The Balaban J connectivity index is 0.000000454. The molecule has 174 valence electrons. The molecule has 0 saturated carbocycles. The summed E-state index contributed by atoms with van der Waals surface area (Å²) in [5, 5.41) is 11.9. The molecule has 0 atom stereocenters. The molecule has 0 aliphatic carbocycles. The molecule has 0 fully saturated rings. The fourth-order valence-corrected chi connectivity index (χ4v) is 4.04. The maximum atomic E-state index is 9.22. The van der Waals surface area contributed by atoms with E-state index in [1.165, 1.54) is 16.9 Å². The van der Waals surface area contributed by atoms with E-state index in [1.807, 2.05) is 29.9 Å². The molecule has 0 spiro atoms. The third-order valence-corrected chi connectivity index (χ3v) is 6.17. The van der Waals surface area contributed by atoms with Crippen LogP contribution in [0.5, 0.6) is 5.06 Å². The first-order chi connectivity index (χ1) is 15.8. The lowest BCUT2D eigenvalue weighted by atomic mass is 10.1. The summed E-state index contributed by atoms with van der Waals surface area (Å²) in [7, 11) is 0.00291. The van der Waals surface area contributed by atoms with Crippen molar-refractivity contribution in [3.8, 4) is 16.3 Å². The Labute approximate surface area is 196 Å². The van der Waals surface area contributed by atoms with Crippen molar-refractivity contribution >= 4 is 43.5 Å². The molecule has 0 amide bonds. The van der Waals surface area contributed by atoms with Crippen LogP contribution in [0.3, 0.4) is 0 Å². The molecule has 0 saturated heterocycles. The van der Waals surface area contributed by atoms with Crippen molar-refractivity contribution in [2.45, 2.75) is 13.5 Å². The molecular formula is C22H24N4O5S2. The van der Waals surface area contributed by atoms with Gasteiger partial charge in [-0.3, -0.25) is 4.18 Å². The molecule has 2 aromatic heterocycles. The molecule has 0 unspecified atom stereocenters. The average Bonchev–Trinajstić information content (AvgIpc) is 3.34. The van der Waals surface area contributed by atoms with Gasteiger partial charge in [0, 0.05) is 17.5 Å². The Morgan fingerprint density at radius 1 is 1.06 bits per heavy atom. The van der Waals surface area contributed by atoms with Crippen LogP contribution >= 0.6 is 11.3 Å². The van der Waals surface area contributed by atoms with Crippen LogP contribution in [0.4, 0.5) is 10.8 Å². The number of ether oxygens (including phenoxy) is 1. The number of methoxy groups -OCH3 is 1. The summed E-state index contributed by atoms with van der Waals surface area (Å²) in [4.78, 5) is 0. The van der Waals surface area contributed by atoms with Gasteiger partial charge in [-0.05, 0) is 29.4 Å². The first-order valence-electron chi connectivity index (χ1n) is 9.92. The molecule has 11 heteroatoms. The van der Waals surface area contributed by atoms with Crippen molar-refractivity contribution in [2.24, 2.45) is 17.3 Å². The fourth-order valence-electron chi connectivity index (χ4n) is 3.28. The molecule has 0 N–H and O–H groups in total. The van der Waals surface area contributed by atoms with E-state index in [0.717, 1.165) is 46.2 Å². The maximum absolute atomic E-state index is 9.22. The van der Waals surface area contributed by atoms with E-state index in [-0.39, 0.29) is 0 Å². The number of rotatable bonds is 6. The Kier molecular flexibility index (Phi) is 7.92. The van der Waals surface area contributed by atoms with E-state index in [4.69, 9.17) is 9.85 Å². The lowest BCUT2D eigenvalue weighted by molar-refractivity contribution is -0.654. The number of thiazole rings is 1. The van der Waals surface area contributed by atoms with Gasteiger partial charge in [0.2, 0.25) is 15.5 Å². The minimum atomic E-state index is -4.41. The number of nitrogens with zero attached hydrogens (tertiary/aromatic N) is 4. The van der Waals surface area contributed by atoms with Crippen molar-refractivity contribution in [1.82, 2.24) is 4.57 Å². The highest BCUT2D eigenvalue weighted by Crippen LogP contribution is 2.41. The second-order valence-corrected chi connectivity index (χ2v) is 8.87. The third-order valence-electron chi connectivity index (χ3n) is 4.74. The van der Waals surface area contributed by atoms with Crippen molar-refractivity contribution in [3.05, 3.63) is 60.8 Å². The summed E-state index contributed by atoms with van der Waals surface area (Å²) in [6.45, 7) is 3.02. The predicted molar refractivity (Wildman–Crippen MR) is 126 cm³/mol. The predicted octanol–water partition coefficient (Wildman–Crippen LogP) is 4.73. The first-order valence-corrected chi connectivity index (χ1v) is 12.1. The van der Waals surface area contributed by atoms with Crippen LogP contribution < -0.4 is 9.30 Å². The minimum absolute atomic E-state index is 0.791. The third kappa shape index (κ3) is 5.82. The highest BCUT2D eigenvalue weighted by atomic mass is 32.3. The standard InChI is InChI=1S/C21H21N4OS.CH4O4S/c1-4-25-17-13-9-8-12-16(17)19(20(25)15-10-6-5-7-11-15)22-23-21-24(2)14-18(26-3)27-21;1-5-6(2,3)4/h5-14H,4H2,1-3H3;1H3,(H,2,3,4)/q+1;/p-1. The number of aromatic nitrogens is 2. The van der Waals surface area contributed by atoms with Gasteiger partial charge in [-0.1, -0.05) is 48.5 Å². The molecule has 0 radical (unpaired) electrons. The van der Waals surface area contributed by atoms with E-state index >= 15 is 0 Å². The maximum Gasteiger partial charge on any atom is 0.411 e. The molecule has 4 rings (SSSR count). The van der Waals surface area contributed by atoms with Crippen molar-refractivity contribution in [1.29, 1.82) is 0 Å². The summed E-state index contributed by atoms with van der Waals surface area (Å²) in [5.74, 6) is 0. The minimum Gasteiger partial charge on any atom is -0.726 e. The van der Waals surface area contributed by atoms with E-state index in [2.05, 4.69) is 63.3 Å². The van der Waals surface area contributed by atoms with Gasteiger partial charge in [0.1, 0.15) is 11.9 Å². The number of azo groups is 1. The first kappa shape index (κ1) is 24.5. The molecule has 0 aliphatic heterocycles. The Hall–Kier alpha value is -3.12. The normalized spacial score (nSPS) is 11.5. The summed E-state index contributed by atoms with van der Waals surface area (Å²) < 4.78 is 40.5. The Bertz CT molecular complexity index is 1360. The van der Waals surface area contributed by atoms with Crippen LogP contribution in [0.25, 0.3) is 22.2 Å². The van der Waals surface area contributed by atoms with Crippen LogP contribution in [0.2, 0.25) is 0 Å². The van der Waals surface area contributed by atoms with Gasteiger partial charge in [0.05, 0.1) is 37.6 Å². The molecule has 33 heavy (non-hydrogen) atoms. The van der Waals surface area contributed by atoms with E-state index < -0.39 is 10.4 Å². The highest BCUT2D eigenvalue weighted by molar-refractivity contribution is 7.80. The quantitative estimate of drug-likeness (QED) is 0.169. The van der Waals surface area contributed by atoms with Gasteiger partial charge in [0.15, 0.2) is 0 Å². The second-order valence-electron chi connectivity index (χ2n) is 6.75. The summed E-state index contributed by atoms with van der Waals surface area (Å²) in [6.07, 6.45) is 1.91. The number of hydrogen-bond acceptors (Lipinski definition) is 8. The number of aryl methyl sites for hydroxylation is 2. The molecule has 0 aliphatic rings. The number of para-hydroxylation sites is 1. The van der Waals surface area contributed by atoms with Gasteiger partial charge < -0.3 is 13.9 Å². The molecule has 2 heterocycles. The zero-order chi connectivity index (χ0) is 24.0. The molecular weight excluding hydrogens is 464 g/mol. The zero-order valence-electron chi connectivity index (χ0n) is 18.6. The number of benzene rings is 2. The largest absolute Gasteiger partial charge is 0.726 e. The van der Waals surface area contributed by atoms with Crippen LogP contribution in [0.15, 0.2) is 71.0 Å². The summed E-state index contributed by atoms with van der Waals surface area (Å²) in [5.41, 5.74) is 4.29.